The first-order chi connectivity index (χ1) is 11.1. The Morgan fingerprint density at radius 2 is 1.96 bits per heavy atom. The van der Waals surface area contributed by atoms with Gasteiger partial charge in [-0.1, -0.05) is 37.1 Å². The van der Waals surface area contributed by atoms with Crippen LogP contribution in [0.2, 0.25) is 5.02 Å². The van der Waals surface area contributed by atoms with Gasteiger partial charge in [0, 0.05) is 25.2 Å². The molecule has 0 fully saturated rings. The maximum atomic E-state index is 12.1. The summed E-state index contributed by atoms with van der Waals surface area (Å²) in [7, 11) is 2.03. The number of rotatable bonds is 7. The van der Waals surface area contributed by atoms with Crippen LogP contribution in [0.1, 0.15) is 35.8 Å². The van der Waals surface area contributed by atoms with Gasteiger partial charge in [-0.3, -0.25) is 4.79 Å². The molecule has 0 spiro atoms. The number of amides is 1. The third kappa shape index (κ3) is 5.25. The number of pyridine rings is 1. The zero-order chi connectivity index (χ0) is 16.7. The lowest BCUT2D eigenvalue weighted by Gasteiger charge is -2.18. The van der Waals surface area contributed by atoms with Crippen molar-refractivity contribution in [1.82, 2.24) is 10.3 Å². The largest absolute Gasteiger partial charge is 0.373 e. The summed E-state index contributed by atoms with van der Waals surface area (Å²) in [4.78, 5) is 18.5. The summed E-state index contributed by atoms with van der Waals surface area (Å²) in [6.07, 6.45) is 4.04. The fraction of sp³-hybridized carbons (Fsp3) is 0.333. The smallest absolute Gasteiger partial charge is 0.270 e. The number of benzene rings is 1. The van der Waals surface area contributed by atoms with Gasteiger partial charge in [0.1, 0.15) is 5.69 Å². The molecule has 0 aliphatic carbocycles. The molecule has 1 N–H and O–H groups in total. The molecule has 0 saturated heterocycles. The van der Waals surface area contributed by atoms with E-state index < -0.39 is 0 Å². The molecule has 0 radical (unpaired) electrons. The number of carbonyl (C=O) groups excluding carboxylic acids is 1. The molecule has 0 aliphatic rings. The third-order valence-corrected chi connectivity index (χ3v) is 3.89. The van der Waals surface area contributed by atoms with E-state index in [-0.39, 0.29) is 5.91 Å². The molecular weight excluding hydrogens is 310 g/mol. The second kappa shape index (κ2) is 8.53. The van der Waals surface area contributed by atoms with Crippen molar-refractivity contribution in [3.63, 3.8) is 0 Å². The monoisotopic (exact) mass is 331 g/mol. The number of unbranched alkanes of at least 4 members (excludes halogenated alkanes) is 1. The lowest BCUT2D eigenvalue weighted by molar-refractivity contribution is 0.0946. The minimum absolute atomic E-state index is 0.178. The Labute approximate surface area is 142 Å². The van der Waals surface area contributed by atoms with Crippen LogP contribution in [0, 0.1) is 0 Å². The minimum Gasteiger partial charge on any atom is -0.373 e. The van der Waals surface area contributed by atoms with Crippen molar-refractivity contribution >= 4 is 23.2 Å². The third-order valence-electron chi connectivity index (χ3n) is 3.63. The molecule has 1 aromatic heterocycles. The normalized spacial score (nSPS) is 10.4. The molecule has 5 heteroatoms. The lowest BCUT2D eigenvalue weighted by atomic mass is 10.2. The molecule has 0 aliphatic heterocycles. The molecule has 4 nitrogen and oxygen atoms in total. The first kappa shape index (κ1) is 17.3. The molecule has 2 rings (SSSR count). The Morgan fingerprint density at radius 1 is 1.22 bits per heavy atom. The molecule has 0 unspecified atom stereocenters. The van der Waals surface area contributed by atoms with Gasteiger partial charge in [0.25, 0.3) is 5.91 Å². The maximum absolute atomic E-state index is 12.1. The van der Waals surface area contributed by atoms with Crippen molar-refractivity contribution in [3.05, 3.63) is 58.9 Å². The van der Waals surface area contributed by atoms with Crippen LogP contribution in [-0.4, -0.2) is 24.5 Å². The van der Waals surface area contributed by atoms with E-state index in [0.29, 0.717) is 17.3 Å². The van der Waals surface area contributed by atoms with E-state index in [4.69, 9.17) is 11.6 Å². The Morgan fingerprint density at radius 3 is 2.57 bits per heavy atom. The van der Waals surface area contributed by atoms with E-state index in [0.717, 1.165) is 30.6 Å². The van der Waals surface area contributed by atoms with Gasteiger partial charge in [0.15, 0.2) is 0 Å². The fourth-order valence-corrected chi connectivity index (χ4v) is 2.27. The Balaban J connectivity index is 1.90. The lowest BCUT2D eigenvalue weighted by Crippen LogP contribution is -2.24. The first-order valence-electron chi connectivity index (χ1n) is 7.80. The second-order valence-electron chi connectivity index (χ2n) is 5.49. The fourth-order valence-electron chi connectivity index (χ4n) is 2.15. The van der Waals surface area contributed by atoms with E-state index in [1.54, 1.807) is 12.3 Å². The van der Waals surface area contributed by atoms with Crippen molar-refractivity contribution in [2.45, 2.75) is 26.3 Å². The van der Waals surface area contributed by atoms with E-state index >= 15 is 0 Å². The predicted octanol–water partition coefficient (Wildman–Crippen LogP) is 3.90. The average molecular weight is 332 g/mol. The van der Waals surface area contributed by atoms with Crippen LogP contribution in [0.5, 0.6) is 0 Å². The van der Waals surface area contributed by atoms with E-state index in [2.05, 4.69) is 22.1 Å². The van der Waals surface area contributed by atoms with Crippen molar-refractivity contribution in [1.29, 1.82) is 0 Å². The molecule has 0 saturated carbocycles. The van der Waals surface area contributed by atoms with Gasteiger partial charge < -0.3 is 10.2 Å². The number of hydrogen-bond acceptors (Lipinski definition) is 3. The number of carbonyl (C=O) groups is 1. The maximum Gasteiger partial charge on any atom is 0.270 e. The van der Waals surface area contributed by atoms with Crippen LogP contribution in [0.3, 0.4) is 0 Å². The highest BCUT2D eigenvalue weighted by Gasteiger charge is 2.08. The molecular formula is C18H22ClN3O. The minimum atomic E-state index is -0.178. The Kier molecular flexibility index (Phi) is 6.41. The van der Waals surface area contributed by atoms with E-state index in [1.807, 2.05) is 37.4 Å². The summed E-state index contributed by atoms with van der Waals surface area (Å²) in [5, 5.41) is 3.54. The highest BCUT2D eigenvalue weighted by atomic mass is 35.5. The van der Waals surface area contributed by atoms with Gasteiger partial charge in [0.05, 0.1) is 11.9 Å². The van der Waals surface area contributed by atoms with Crippen LogP contribution in [0.4, 0.5) is 5.69 Å². The molecule has 23 heavy (non-hydrogen) atoms. The quantitative estimate of drug-likeness (QED) is 0.836. The summed E-state index contributed by atoms with van der Waals surface area (Å²) >= 11 is 5.84. The van der Waals surface area contributed by atoms with E-state index in [9.17, 15) is 4.79 Å². The average Bonchev–Trinajstić information content (AvgIpc) is 2.59. The zero-order valence-electron chi connectivity index (χ0n) is 13.6. The summed E-state index contributed by atoms with van der Waals surface area (Å²) in [5.74, 6) is -0.178. The van der Waals surface area contributed by atoms with Gasteiger partial charge in [-0.15, -0.1) is 0 Å². The molecule has 1 amide bonds. The van der Waals surface area contributed by atoms with Gasteiger partial charge in [-0.05, 0) is 36.2 Å². The summed E-state index contributed by atoms with van der Waals surface area (Å²) in [6.45, 7) is 3.61. The number of hydrogen-bond donors (Lipinski definition) is 1. The number of nitrogens with zero attached hydrogens (tertiary/aromatic N) is 2. The van der Waals surface area contributed by atoms with Crippen LogP contribution >= 0.6 is 11.6 Å². The summed E-state index contributed by atoms with van der Waals surface area (Å²) < 4.78 is 0. The van der Waals surface area contributed by atoms with Gasteiger partial charge in [0.2, 0.25) is 0 Å². The highest BCUT2D eigenvalue weighted by Crippen LogP contribution is 2.13. The van der Waals surface area contributed by atoms with Crippen molar-refractivity contribution in [3.8, 4) is 0 Å². The standard InChI is InChI=1S/C18H22ClN3O/c1-3-4-11-22(2)16-9-10-17(20-13-16)18(23)21-12-14-5-7-15(19)8-6-14/h5-10,13H,3-4,11-12H2,1-2H3,(H,21,23). The van der Waals surface area contributed by atoms with E-state index in [1.165, 1.54) is 0 Å². The van der Waals surface area contributed by atoms with Crippen molar-refractivity contribution in [2.24, 2.45) is 0 Å². The Hall–Kier alpha value is -2.07. The van der Waals surface area contributed by atoms with Crippen molar-refractivity contribution in [2.75, 3.05) is 18.5 Å². The van der Waals surface area contributed by atoms with Crippen LogP contribution in [0.25, 0.3) is 0 Å². The van der Waals surface area contributed by atoms with Crippen LogP contribution in [-0.2, 0) is 6.54 Å². The molecule has 1 heterocycles. The van der Waals surface area contributed by atoms with Crippen molar-refractivity contribution < 1.29 is 4.79 Å². The van der Waals surface area contributed by atoms with Crippen LogP contribution < -0.4 is 10.2 Å². The summed E-state index contributed by atoms with van der Waals surface area (Å²) in [6, 6.07) is 11.1. The van der Waals surface area contributed by atoms with Gasteiger partial charge in [-0.25, -0.2) is 4.98 Å². The van der Waals surface area contributed by atoms with Gasteiger partial charge >= 0.3 is 0 Å². The molecule has 0 bridgehead atoms. The Bertz CT molecular complexity index is 626. The molecule has 1 aromatic carbocycles. The summed E-state index contributed by atoms with van der Waals surface area (Å²) in [5.41, 5.74) is 2.44. The number of aromatic nitrogens is 1. The number of anilines is 1. The molecule has 2 aromatic rings. The van der Waals surface area contributed by atoms with Crippen LogP contribution in [0.15, 0.2) is 42.6 Å². The first-order valence-corrected chi connectivity index (χ1v) is 8.17. The SMILES string of the molecule is CCCCN(C)c1ccc(C(=O)NCc2ccc(Cl)cc2)nc1. The topological polar surface area (TPSA) is 45.2 Å². The second-order valence-corrected chi connectivity index (χ2v) is 5.92. The van der Waals surface area contributed by atoms with Gasteiger partial charge in [-0.2, -0.15) is 0 Å². The zero-order valence-corrected chi connectivity index (χ0v) is 14.3. The molecule has 0 atom stereocenters. The number of nitrogens with one attached hydrogen (secondary N) is 1. The highest BCUT2D eigenvalue weighted by molar-refractivity contribution is 6.30. The number of halogens is 1. The molecule has 122 valence electrons. The predicted molar refractivity (Wildman–Crippen MR) is 95.0 cm³/mol.